The van der Waals surface area contributed by atoms with E-state index in [9.17, 15) is 9.59 Å². The highest BCUT2D eigenvalue weighted by Crippen LogP contribution is 2.21. The maximum atomic E-state index is 13.0. The van der Waals surface area contributed by atoms with E-state index in [-0.39, 0.29) is 17.2 Å². The normalized spacial score (nSPS) is 10.8. The number of nitrogens with zero attached hydrogens (tertiary/aromatic N) is 3. The highest BCUT2D eigenvalue weighted by molar-refractivity contribution is 5.99. The van der Waals surface area contributed by atoms with Gasteiger partial charge in [0.2, 0.25) is 0 Å². The number of aryl methyl sites for hydroxylation is 1. The molecule has 29 heavy (non-hydrogen) atoms. The molecule has 7 nitrogen and oxygen atoms in total. The predicted octanol–water partition coefficient (Wildman–Crippen LogP) is 2.73. The van der Waals surface area contributed by atoms with Crippen molar-refractivity contribution in [3.63, 3.8) is 0 Å². The number of nitrogens with one attached hydrogen (secondary N) is 1. The fourth-order valence-electron chi connectivity index (χ4n) is 3.15. The standard InChI is InChI=1S/C22H19N5O2/c1-14-7-5-6-10-16(14)12-24-22(29)18-11-17(15-8-3-2-4-9-15)26-21-19(20(23)28)25-13-27(18)21/h2-11,13H,12H2,1H3,(H2,23,28)(H,24,29). The van der Waals surface area contributed by atoms with Crippen LogP contribution in [0.15, 0.2) is 67.0 Å². The first kappa shape index (κ1) is 18.4. The van der Waals surface area contributed by atoms with Crippen molar-refractivity contribution in [3.05, 3.63) is 89.5 Å². The Kier molecular flexibility index (Phi) is 4.78. The van der Waals surface area contributed by atoms with E-state index in [4.69, 9.17) is 5.73 Å². The summed E-state index contributed by atoms with van der Waals surface area (Å²) in [5.74, 6) is -0.997. The average molecular weight is 385 g/mol. The molecule has 4 rings (SSSR count). The highest BCUT2D eigenvalue weighted by atomic mass is 16.2. The van der Waals surface area contributed by atoms with Crippen molar-refractivity contribution in [2.75, 3.05) is 0 Å². The summed E-state index contributed by atoms with van der Waals surface area (Å²) in [6.45, 7) is 2.38. The van der Waals surface area contributed by atoms with Crippen LogP contribution < -0.4 is 11.1 Å². The van der Waals surface area contributed by atoms with E-state index in [0.717, 1.165) is 16.7 Å². The third-order valence-corrected chi connectivity index (χ3v) is 4.74. The molecule has 0 radical (unpaired) electrons. The zero-order chi connectivity index (χ0) is 20.4. The number of carbonyl (C=O) groups excluding carboxylic acids is 2. The minimum atomic E-state index is -0.698. The van der Waals surface area contributed by atoms with Crippen LogP contribution >= 0.6 is 0 Å². The molecule has 0 aliphatic carbocycles. The van der Waals surface area contributed by atoms with Gasteiger partial charge in [-0.2, -0.15) is 0 Å². The number of nitrogens with two attached hydrogens (primary N) is 1. The summed E-state index contributed by atoms with van der Waals surface area (Å²) in [7, 11) is 0. The van der Waals surface area contributed by atoms with Crippen molar-refractivity contribution in [1.29, 1.82) is 0 Å². The number of rotatable bonds is 5. The van der Waals surface area contributed by atoms with E-state index in [1.165, 1.54) is 10.7 Å². The number of hydrogen-bond acceptors (Lipinski definition) is 4. The van der Waals surface area contributed by atoms with Crippen LogP contribution in [-0.2, 0) is 6.54 Å². The van der Waals surface area contributed by atoms with Gasteiger partial charge in [0.25, 0.3) is 11.8 Å². The molecule has 0 unspecified atom stereocenters. The number of fused-ring (bicyclic) bond motifs is 1. The van der Waals surface area contributed by atoms with E-state index in [0.29, 0.717) is 17.9 Å². The summed E-state index contributed by atoms with van der Waals surface area (Å²) >= 11 is 0. The number of aromatic nitrogens is 3. The molecule has 0 spiro atoms. The Morgan fingerprint density at radius 3 is 2.52 bits per heavy atom. The first-order chi connectivity index (χ1) is 14.0. The number of imidazole rings is 1. The molecular formula is C22H19N5O2. The van der Waals surface area contributed by atoms with Gasteiger partial charge < -0.3 is 11.1 Å². The van der Waals surface area contributed by atoms with Crippen LogP contribution in [0.5, 0.6) is 0 Å². The van der Waals surface area contributed by atoms with Gasteiger partial charge in [0.05, 0.1) is 5.69 Å². The van der Waals surface area contributed by atoms with Crippen molar-refractivity contribution in [1.82, 2.24) is 19.7 Å². The Morgan fingerprint density at radius 1 is 1.07 bits per heavy atom. The molecule has 0 aliphatic rings. The first-order valence-electron chi connectivity index (χ1n) is 9.10. The number of benzene rings is 2. The van der Waals surface area contributed by atoms with Gasteiger partial charge in [-0.25, -0.2) is 9.97 Å². The van der Waals surface area contributed by atoms with Gasteiger partial charge in [-0.1, -0.05) is 54.6 Å². The summed E-state index contributed by atoms with van der Waals surface area (Å²) in [5, 5.41) is 2.93. The quantitative estimate of drug-likeness (QED) is 0.551. The third-order valence-electron chi connectivity index (χ3n) is 4.74. The van der Waals surface area contributed by atoms with Gasteiger partial charge in [-0.05, 0) is 24.1 Å². The fraction of sp³-hybridized carbons (Fsp3) is 0.0909. The lowest BCUT2D eigenvalue weighted by atomic mass is 10.1. The van der Waals surface area contributed by atoms with Crippen molar-refractivity contribution >= 4 is 17.5 Å². The van der Waals surface area contributed by atoms with E-state index in [2.05, 4.69) is 15.3 Å². The van der Waals surface area contributed by atoms with Crippen molar-refractivity contribution < 1.29 is 9.59 Å². The molecule has 0 saturated heterocycles. The number of carbonyl (C=O) groups is 2. The summed E-state index contributed by atoms with van der Waals surface area (Å²) in [6.07, 6.45) is 1.39. The first-order valence-corrected chi connectivity index (χ1v) is 9.10. The maximum absolute atomic E-state index is 13.0. The summed E-state index contributed by atoms with van der Waals surface area (Å²) in [5.41, 5.74) is 9.53. The molecule has 0 fully saturated rings. The Bertz CT molecular complexity index is 1210. The predicted molar refractivity (Wildman–Crippen MR) is 109 cm³/mol. The second kappa shape index (κ2) is 7.55. The van der Waals surface area contributed by atoms with Crippen LogP contribution in [0.2, 0.25) is 0 Å². The minimum Gasteiger partial charge on any atom is -0.364 e. The summed E-state index contributed by atoms with van der Waals surface area (Å²) in [6, 6.07) is 19.0. The molecule has 0 atom stereocenters. The highest BCUT2D eigenvalue weighted by Gasteiger charge is 2.19. The second-order valence-corrected chi connectivity index (χ2v) is 6.65. The largest absolute Gasteiger partial charge is 0.364 e. The topological polar surface area (TPSA) is 102 Å². The van der Waals surface area contributed by atoms with Crippen molar-refractivity contribution in [3.8, 4) is 11.3 Å². The van der Waals surface area contributed by atoms with Crippen molar-refractivity contribution in [2.45, 2.75) is 13.5 Å². The monoisotopic (exact) mass is 385 g/mol. The third kappa shape index (κ3) is 3.58. The van der Waals surface area contributed by atoms with E-state index < -0.39 is 5.91 Å². The number of amides is 2. The Hall–Kier alpha value is -4.00. The Balaban J connectivity index is 1.77. The van der Waals surface area contributed by atoms with Gasteiger partial charge in [0.1, 0.15) is 12.0 Å². The molecule has 0 aliphatic heterocycles. The van der Waals surface area contributed by atoms with Gasteiger partial charge >= 0.3 is 0 Å². The van der Waals surface area contributed by atoms with Crippen LogP contribution in [0.3, 0.4) is 0 Å². The van der Waals surface area contributed by atoms with Crippen LogP contribution in [0.1, 0.15) is 32.1 Å². The molecule has 2 aromatic heterocycles. The lowest BCUT2D eigenvalue weighted by molar-refractivity contribution is 0.0942. The molecule has 2 aromatic carbocycles. The van der Waals surface area contributed by atoms with Crippen LogP contribution in [-0.4, -0.2) is 26.2 Å². The van der Waals surface area contributed by atoms with E-state index >= 15 is 0 Å². The Morgan fingerprint density at radius 2 is 1.79 bits per heavy atom. The number of hydrogen-bond donors (Lipinski definition) is 2. The minimum absolute atomic E-state index is 0.0238. The lowest BCUT2D eigenvalue weighted by Crippen LogP contribution is -2.25. The van der Waals surface area contributed by atoms with E-state index in [1.807, 2.05) is 61.5 Å². The van der Waals surface area contributed by atoms with Gasteiger partial charge in [0.15, 0.2) is 11.3 Å². The molecule has 4 aromatic rings. The zero-order valence-electron chi connectivity index (χ0n) is 15.8. The second-order valence-electron chi connectivity index (χ2n) is 6.65. The summed E-state index contributed by atoms with van der Waals surface area (Å²) in [4.78, 5) is 33.3. The van der Waals surface area contributed by atoms with Gasteiger partial charge in [-0.15, -0.1) is 0 Å². The van der Waals surface area contributed by atoms with Crippen LogP contribution in [0.25, 0.3) is 16.9 Å². The molecular weight excluding hydrogens is 366 g/mol. The van der Waals surface area contributed by atoms with Crippen LogP contribution in [0, 0.1) is 6.92 Å². The molecule has 144 valence electrons. The molecule has 0 saturated carbocycles. The van der Waals surface area contributed by atoms with Crippen molar-refractivity contribution in [2.24, 2.45) is 5.73 Å². The fourth-order valence-corrected chi connectivity index (χ4v) is 3.15. The van der Waals surface area contributed by atoms with E-state index in [1.54, 1.807) is 6.07 Å². The van der Waals surface area contributed by atoms with Crippen LogP contribution in [0.4, 0.5) is 0 Å². The number of primary amides is 1. The zero-order valence-corrected chi connectivity index (χ0v) is 15.8. The van der Waals surface area contributed by atoms with Gasteiger partial charge in [0, 0.05) is 12.1 Å². The SMILES string of the molecule is Cc1ccccc1CNC(=O)c1cc(-c2ccccc2)nc2c(C(N)=O)ncn12. The molecule has 2 amide bonds. The van der Waals surface area contributed by atoms with Gasteiger partial charge in [-0.3, -0.25) is 14.0 Å². The molecule has 3 N–H and O–H groups in total. The average Bonchev–Trinajstić information content (AvgIpc) is 3.17. The maximum Gasteiger partial charge on any atom is 0.271 e. The smallest absolute Gasteiger partial charge is 0.271 e. The molecule has 0 bridgehead atoms. The lowest BCUT2D eigenvalue weighted by Gasteiger charge is -2.11. The molecule has 2 heterocycles. The Labute approximate surface area is 167 Å². The summed E-state index contributed by atoms with van der Waals surface area (Å²) < 4.78 is 1.49. The molecule has 7 heteroatoms.